The van der Waals surface area contributed by atoms with Gasteiger partial charge in [-0.1, -0.05) is 43.8 Å². The number of hydrogen-bond acceptors (Lipinski definition) is 5. The first-order chi connectivity index (χ1) is 12.5. The van der Waals surface area contributed by atoms with E-state index in [9.17, 15) is 4.79 Å². The molecule has 26 heavy (non-hydrogen) atoms. The Morgan fingerprint density at radius 2 is 2.04 bits per heavy atom. The van der Waals surface area contributed by atoms with Gasteiger partial charge in [0.05, 0.1) is 5.75 Å². The number of aromatic nitrogens is 4. The molecule has 0 unspecified atom stereocenters. The predicted octanol–water partition coefficient (Wildman–Crippen LogP) is 3.99. The van der Waals surface area contributed by atoms with Crippen LogP contribution in [0.5, 0.6) is 0 Å². The van der Waals surface area contributed by atoms with Crippen molar-refractivity contribution in [3.63, 3.8) is 0 Å². The molecule has 0 bridgehead atoms. The van der Waals surface area contributed by atoms with E-state index in [1.807, 2.05) is 38.1 Å². The molecule has 0 aliphatic carbocycles. The van der Waals surface area contributed by atoms with Crippen molar-refractivity contribution >= 4 is 29.1 Å². The number of para-hydroxylation sites is 1. The van der Waals surface area contributed by atoms with Crippen LogP contribution in [-0.4, -0.2) is 31.2 Å². The van der Waals surface area contributed by atoms with Gasteiger partial charge in [0, 0.05) is 17.1 Å². The zero-order valence-corrected chi connectivity index (χ0v) is 16.3. The van der Waals surface area contributed by atoms with Crippen LogP contribution in [0.3, 0.4) is 0 Å². The molecule has 0 saturated carbocycles. The van der Waals surface area contributed by atoms with Crippen LogP contribution < -0.4 is 5.32 Å². The van der Waals surface area contributed by atoms with E-state index in [1.165, 1.54) is 11.8 Å². The van der Waals surface area contributed by atoms with Crippen LogP contribution in [0.1, 0.15) is 43.1 Å². The van der Waals surface area contributed by atoms with Crippen LogP contribution in [0.2, 0.25) is 0 Å². The number of fused-ring (bicyclic) bond motifs is 1. The Kier molecular flexibility index (Phi) is 5.56. The highest BCUT2D eigenvalue weighted by Gasteiger charge is 2.13. The Labute approximate surface area is 157 Å². The van der Waals surface area contributed by atoms with Gasteiger partial charge in [-0.05, 0) is 43.9 Å². The van der Waals surface area contributed by atoms with Crippen LogP contribution in [0.15, 0.2) is 35.5 Å². The Balaban J connectivity index is 1.67. The third kappa shape index (κ3) is 4.04. The Morgan fingerprint density at radius 3 is 2.81 bits per heavy atom. The van der Waals surface area contributed by atoms with Crippen molar-refractivity contribution in [2.75, 3.05) is 11.1 Å². The van der Waals surface area contributed by atoms with Gasteiger partial charge in [-0.2, -0.15) is 4.98 Å². The molecular weight excluding hydrogens is 346 g/mol. The van der Waals surface area contributed by atoms with Gasteiger partial charge in [0.25, 0.3) is 5.78 Å². The number of nitrogens with one attached hydrogen (secondary N) is 1. The van der Waals surface area contributed by atoms with Gasteiger partial charge < -0.3 is 5.32 Å². The minimum absolute atomic E-state index is 0.0644. The van der Waals surface area contributed by atoms with Crippen molar-refractivity contribution in [3.8, 4) is 0 Å². The molecule has 0 saturated heterocycles. The van der Waals surface area contributed by atoms with E-state index in [1.54, 1.807) is 4.52 Å². The van der Waals surface area contributed by atoms with Crippen molar-refractivity contribution in [2.24, 2.45) is 0 Å². The lowest BCUT2D eigenvalue weighted by Crippen LogP contribution is -2.16. The number of amides is 1. The first-order valence-electron chi connectivity index (χ1n) is 8.70. The molecule has 0 radical (unpaired) electrons. The first kappa shape index (κ1) is 18.4. The molecule has 2 aromatic heterocycles. The number of carbonyl (C=O) groups excluding carboxylic acids is 1. The van der Waals surface area contributed by atoms with E-state index in [2.05, 4.69) is 40.3 Å². The van der Waals surface area contributed by atoms with Crippen LogP contribution in [0.25, 0.3) is 5.78 Å². The van der Waals surface area contributed by atoms with Crippen LogP contribution in [0.4, 0.5) is 5.69 Å². The highest BCUT2D eigenvalue weighted by atomic mass is 32.2. The molecule has 0 aliphatic heterocycles. The number of thioether (sulfide) groups is 1. The second-order valence-corrected chi connectivity index (χ2v) is 7.32. The summed E-state index contributed by atoms with van der Waals surface area (Å²) in [6.45, 7) is 8.20. The van der Waals surface area contributed by atoms with Crippen molar-refractivity contribution < 1.29 is 4.79 Å². The minimum atomic E-state index is -0.0644. The molecule has 1 amide bonds. The number of aryl methyl sites for hydroxylation is 2. The highest BCUT2D eigenvalue weighted by molar-refractivity contribution is 7.99. The Hall–Kier alpha value is -2.41. The van der Waals surface area contributed by atoms with Crippen LogP contribution in [-0.2, 0) is 4.79 Å². The van der Waals surface area contributed by atoms with Crippen molar-refractivity contribution in [3.05, 3.63) is 47.3 Å². The molecule has 136 valence electrons. The maximum Gasteiger partial charge on any atom is 0.253 e. The molecule has 1 aromatic carbocycles. The van der Waals surface area contributed by atoms with Gasteiger partial charge >= 0.3 is 0 Å². The predicted molar refractivity (Wildman–Crippen MR) is 105 cm³/mol. The highest BCUT2D eigenvalue weighted by Crippen LogP contribution is 2.26. The van der Waals surface area contributed by atoms with Crippen molar-refractivity contribution in [1.29, 1.82) is 0 Å². The molecule has 1 N–H and O–H groups in total. The fraction of sp³-hybridized carbons (Fsp3) is 0.368. The number of hydrogen-bond donors (Lipinski definition) is 1. The van der Waals surface area contributed by atoms with Gasteiger partial charge in [0.15, 0.2) is 0 Å². The number of anilines is 1. The van der Waals surface area contributed by atoms with Crippen molar-refractivity contribution in [2.45, 2.75) is 45.2 Å². The third-order valence-corrected chi connectivity index (χ3v) is 5.15. The summed E-state index contributed by atoms with van der Waals surface area (Å²) in [5.74, 6) is 1.15. The molecule has 0 aliphatic rings. The summed E-state index contributed by atoms with van der Waals surface area (Å²) in [6.07, 6.45) is 1.03. The van der Waals surface area contributed by atoms with Crippen LogP contribution >= 0.6 is 11.8 Å². The summed E-state index contributed by atoms with van der Waals surface area (Å²) in [5.41, 5.74) is 3.91. The minimum Gasteiger partial charge on any atom is -0.325 e. The summed E-state index contributed by atoms with van der Waals surface area (Å²) in [4.78, 5) is 21.1. The quantitative estimate of drug-likeness (QED) is 0.665. The molecule has 0 spiro atoms. The van der Waals surface area contributed by atoms with Gasteiger partial charge in [-0.3, -0.25) is 4.79 Å². The van der Waals surface area contributed by atoms with E-state index in [-0.39, 0.29) is 11.7 Å². The second kappa shape index (κ2) is 7.86. The van der Waals surface area contributed by atoms with E-state index in [4.69, 9.17) is 0 Å². The molecule has 7 heteroatoms. The molecule has 3 aromatic rings. The van der Waals surface area contributed by atoms with E-state index in [0.29, 0.717) is 16.9 Å². The van der Waals surface area contributed by atoms with E-state index < -0.39 is 0 Å². The lowest BCUT2D eigenvalue weighted by Gasteiger charge is -2.15. The SMILES string of the molecule is CC[C@@H](C)c1ccccc1NC(=O)CSc1nc2nc(C)cc(C)n2n1. The molecule has 3 rings (SSSR count). The average molecular weight is 369 g/mol. The maximum absolute atomic E-state index is 12.4. The lowest BCUT2D eigenvalue weighted by atomic mass is 9.97. The third-order valence-electron chi connectivity index (χ3n) is 4.31. The molecule has 2 heterocycles. The number of benzene rings is 1. The molecule has 0 fully saturated rings. The number of rotatable bonds is 6. The van der Waals surface area contributed by atoms with Gasteiger partial charge in [-0.25, -0.2) is 9.50 Å². The monoisotopic (exact) mass is 369 g/mol. The average Bonchev–Trinajstić information content (AvgIpc) is 3.03. The van der Waals surface area contributed by atoms with Gasteiger partial charge in [0.2, 0.25) is 11.1 Å². The topological polar surface area (TPSA) is 72.2 Å². The van der Waals surface area contributed by atoms with Crippen molar-refractivity contribution in [1.82, 2.24) is 19.6 Å². The van der Waals surface area contributed by atoms with E-state index in [0.717, 1.165) is 29.1 Å². The number of nitrogens with zero attached hydrogens (tertiary/aromatic N) is 4. The van der Waals surface area contributed by atoms with Gasteiger partial charge in [0.1, 0.15) is 0 Å². The van der Waals surface area contributed by atoms with E-state index >= 15 is 0 Å². The maximum atomic E-state index is 12.4. The number of carbonyl (C=O) groups is 1. The second-order valence-electron chi connectivity index (χ2n) is 6.38. The molecular formula is C19H23N5OS. The lowest BCUT2D eigenvalue weighted by molar-refractivity contribution is -0.113. The standard InChI is InChI=1S/C19H23N5OS/c1-5-12(2)15-8-6-7-9-16(15)21-17(25)11-26-19-22-18-20-13(3)10-14(4)24(18)23-19/h6-10,12H,5,11H2,1-4H3,(H,21,25)/t12-/m1/s1. The summed E-state index contributed by atoms with van der Waals surface area (Å²) in [5, 5.41) is 7.98. The normalized spacial score (nSPS) is 12.3. The fourth-order valence-electron chi connectivity index (χ4n) is 2.79. The fourth-order valence-corrected chi connectivity index (χ4v) is 3.40. The molecule has 6 nitrogen and oxygen atoms in total. The summed E-state index contributed by atoms with van der Waals surface area (Å²) in [6, 6.07) is 9.91. The Morgan fingerprint density at radius 1 is 1.27 bits per heavy atom. The Bertz CT molecular complexity index is 937. The summed E-state index contributed by atoms with van der Waals surface area (Å²) in [7, 11) is 0. The first-order valence-corrected chi connectivity index (χ1v) is 9.69. The summed E-state index contributed by atoms with van der Waals surface area (Å²) < 4.78 is 1.70. The zero-order valence-electron chi connectivity index (χ0n) is 15.5. The largest absolute Gasteiger partial charge is 0.325 e. The zero-order chi connectivity index (χ0) is 18.7. The van der Waals surface area contributed by atoms with Crippen LogP contribution in [0, 0.1) is 13.8 Å². The molecule has 1 atom stereocenters. The smallest absolute Gasteiger partial charge is 0.253 e. The van der Waals surface area contributed by atoms with Gasteiger partial charge in [-0.15, -0.1) is 5.10 Å². The summed E-state index contributed by atoms with van der Waals surface area (Å²) >= 11 is 1.31.